The second-order valence-corrected chi connectivity index (χ2v) is 6.59. The van der Waals surface area contributed by atoms with Crippen molar-refractivity contribution in [2.24, 2.45) is 0 Å². The minimum Gasteiger partial charge on any atom is -0.508 e. The Morgan fingerprint density at radius 1 is 0.880 bits per heavy atom. The average Bonchev–Trinajstić information content (AvgIpc) is 2.54. The fraction of sp³-hybridized carbons (Fsp3) is 0.294. The molecule has 25 heavy (non-hydrogen) atoms. The van der Waals surface area contributed by atoms with Gasteiger partial charge in [0.25, 0.3) is 0 Å². The van der Waals surface area contributed by atoms with Crippen LogP contribution >= 0.6 is 23.2 Å². The second kappa shape index (κ2) is 6.84. The summed E-state index contributed by atoms with van der Waals surface area (Å²) in [6, 6.07) is 8.15. The summed E-state index contributed by atoms with van der Waals surface area (Å²) in [5, 5.41) is 10.2. The predicted molar refractivity (Wildman–Crippen MR) is 94.0 cm³/mol. The molecule has 0 aliphatic carbocycles. The van der Waals surface area contributed by atoms with Crippen molar-refractivity contribution < 1.29 is 18.3 Å². The summed E-state index contributed by atoms with van der Waals surface area (Å²) in [5.41, 5.74) is 0.513. The van der Waals surface area contributed by atoms with E-state index in [1.54, 1.807) is 6.07 Å². The van der Waals surface area contributed by atoms with Gasteiger partial charge in [-0.3, -0.25) is 0 Å². The monoisotopic (exact) mass is 390 g/mol. The van der Waals surface area contributed by atoms with Crippen molar-refractivity contribution in [1.29, 1.82) is 0 Å². The maximum Gasteiger partial charge on any atom is 0.416 e. The first-order valence-corrected chi connectivity index (χ1v) is 8.36. The number of rotatable bonds is 2. The van der Waals surface area contributed by atoms with Crippen LogP contribution in [0.25, 0.3) is 0 Å². The summed E-state index contributed by atoms with van der Waals surface area (Å²) < 4.78 is 38.6. The van der Waals surface area contributed by atoms with Crippen LogP contribution in [0.2, 0.25) is 10.0 Å². The molecule has 1 aliphatic heterocycles. The van der Waals surface area contributed by atoms with E-state index in [9.17, 15) is 18.3 Å². The molecule has 1 heterocycles. The van der Waals surface area contributed by atoms with E-state index in [1.165, 1.54) is 18.2 Å². The van der Waals surface area contributed by atoms with Crippen molar-refractivity contribution in [3.63, 3.8) is 0 Å². The quantitative estimate of drug-likeness (QED) is 0.777. The van der Waals surface area contributed by atoms with Crippen molar-refractivity contribution in [2.75, 3.05) is 36.0 Å². The Bertz CT molecular complexity index is 752. The van der Waals surface area contributed by atoms with E-state index in [4.69, 9.17) is 23.2 Å². The van der Waals surface area contributed by atoms with Crippen LogP contribution in [0, 0.1) is 0 Å². The van der Waals surface area contributed by atoms with Gasteiger partial charge in [-0.15, -0.1) is 0 Å². The zero-order valence-corrected chi connectivity index (χ0v) is 14.5. The number of halogens is 5. The van der Waals surface area contributed by atoms with E-state index < -0.39 is 11.7 Å². The highest BCUT2D eigenvalue weighted by molar-refractivity contribution is 6.39. The Hall–Kier alpha value is -1.79. The van der Waals surface area contributed by atoms with Gasteiger partial charge in [0.05, 0.1) is 21.3 Å². The van der Waals surface area contributed by atoms with Crippen LogP contribution in [0.5, 0.6) is 5.75 Å². The molecule has 0 amide bonds. The molecule has 1 N–H and O–H groups in total. The molecular weight excluding hydrogens is 376 g/mol. The average molecular weight is 391 g/mol. The van der Waals surface area contributed by atoms with Crippen molar-refractivity contribution in [3.05, 3.63) is 52.0 Å². The van der Waals surface area contributed by atoms with E-state index in [2.05, 4.69) is 0 Å². The van der Waals surface area contributed by atoms with Crippen molar-refractivity contribution in [1.82, 2.24) is 0 Å². The van der Waals surface area contributed by atoms with Gasteiger partial charge < -0.3 is 14.9 Å². The zero-order chi connectivity index (χ0) is 18.2. The molecule has 2 aromatic rings. The van der Waals surface area contributed by atoms with Crippen molar-refractivity contribution in [2.45, 2.75) is 6.18 Å². The maximum atomic E-state index is 12.9. The van der Waals surface area contributed by atoms with Gasteiger partial charge in [0, 0.05) is 44.0 Å². The molecule has 0 saturated carbocycles. The Balaban J connectivity index is 1.75. The summed E-state index contributed by atoms with van der Waals surface area (Å²) in [4.78, 5) is 3.86. The van der Waals surface area contributed by atoms with Gasteiger partial charge in [-0.05, 0) is 18.2 Å². The number of phenols is 1. The maximum absolute atomic E-state index is 12.9. The molecule has 2 aromatic carbocycles. The van der Waals surface area contributed by atoms with Gasteiger partial charge in [-0.2, -0.15) is 13.2 Å². The number of alkyl halides is 3. The number of nitrogens with zero attached hydrogens (tertiary/aromatic N) is 2. The molecule has 1 fully saturated rings. The Morgan fingerprint density at radius 2 is 1.44 bits per heavy atom. The minimum absolute atomic E-state index is 0.0126. The van der Waals surface area contributed by atoms with E-state index in [1.807, 2.05) is 9.80 Å². The summed E-state index contributed by atoms with van der Waals surface area (Å²) in [6.45, 7) is 2.19. The van der Waals surface area contributed by atoms with Crippen LogP contribution in [0.4, 0.5) is 24.5 Å². The number of phenolic OH excluding ortho intramolecular Hbond substituents is 1. The lowest BCUT2D eigenvalue weighted by molar-refractivity contribution is -0.137. The number of hydrogen-bond donors (Lipinski definition) is 1. The third-order valence-electron chi connectivity index (χ3n) is 4.14. The lowest BCUT2D eigenvalue weighted by Crippen LogP contribution is -2.46. The third-order valence-corrected chi connectivity index (χ3v) is 4.71. The van der Waals surface area contributed by atoms with E-state index in [0.29, 0.717) is 47.6 Å². The Labute approximate surface area is 153 Å². The van der Waals surface area contributed by atoms with E-state index in [0.717, 1.165) is 12.1 Å². The molecule has 0 spiro atoms. The zero-order valence-electron chi connectivity index (χ0n) is 13.0. The molecule has 3 rings (SSSR count). The summed E-state index contributed by atoms with van der Waals surface area (Å²) in [7, 11) is 0. The van der Waals surface area contributed by atoms with Crippen molar-refractivity contribution >= 4 is 34.6 Å². The first-order valence-electron chi connectivity index (χ1n) is 7.61. The van der Waals surface area contributed by atoms with Gasteiger partial charge in [0.2, 0.25) is 0 Å². The molecule has 8 heteroatoms. The van der Waals surface area contributed by atoms with Crippen LogP contribution in [0.15, 0.2) is 36.4 Å². The SMILES string of the molecule is Oc1cc(Cl)c(N2CCN(c3cccc(C(F)(F)F)c3)CC2)c(Cl)c1. The lowest BCUT2D eigenvalue weighted by atomic mass is 10.1. The molecular formula is C17H15Cl2F3N2O. The fourth-order valence-corrected chi connectivity index (χ4v) is 3.64. The highest BCUT2D eigenvalue weighted by Gasteiger charge is 2.31. The number of benzene rings is 2. The number of aromatic hydroxyl groups is 1. The molecule has 0 atom stereocenters. The smallest absolute Gasteiger partial charge is 0.416 e. The molecule has 1 saturated heterocycles. The van der Waals surface area contributed by atoms with Gasteiger partial charge in [-0.1, -0.05) is 29.3 Å². The van der Waals surface area contributed by atoms with Crippen LogP contribution < -0.4 is 9.80 Å². The number of piperazine rings is 1. The van der Waals surface area contributed by atoms with Crippen LogP contribution in [-0.2, 0) is 6.18 Å². The highest BCUT2D eigenvalue weighted by Crippen LogP contribution is 2.38. The van der Waals surface area contributed by atoms with Crippen LogP contribution in [-0.4, -0.2) is 31.3 Å². The summed E-state index contributed by atoms with van der Waals surface area (Å²) in [6.07, 6.45) is -4.36. The second-order valence-electron chi connectivity index (χ2n) is 5.78. The Kier molecular flexibility index (Phi) is 4.93. The van der Waals surface area contributed by atoms with E-state index in [-0.39, 0.29) is 5.75 Å². The number of hydrogen-bond acceptors (Lipinski definition) is 3. The van der Waals surface area contributed by atoms with Crippen LogP contribution in [0.3, 0.4) is 0 Å². The van der Waals surface area contributed by atoms with Gasteiger partial charge in [-0.25, -0.2) is 0 Å². The molecule has 3 nitrogen and oxygen atoms in total. The first kappa shape index (κ1) is 18.0. The van der Waals surface area contributed by atoms with Crippen LogP contribution in [0.1, 0.15) is 5.56 Å². The largest absolute Gasteiger partial charge is 0.508 e. The van der Waals surface area contributed by atoms with Gasteiger partial charge >= 0.3 is 6.18 Å². The third kappa shape index (κ3) is 3.90. The van der Waals surface area contributed by atoms with Gasteiger partial charge in [0.1, 0.15) is 5.75 Å². The standard InChI is InChI=1S/C17H15Cl2F3N2O/c18-14-9-13(25)10-15(19)16(14)24-6-4-23(5-7-24)12-3-1-2-11(8-12)17(20,21)22/h1-3,8-10,25H,4-7H2. The lowest BCUT2D eigenvalue weighted by Gasteiger charge is -2.38. The topological polar surface area (TPSA) is 26.7 Å². The summed E-state index contributed by atoms with van der Waals surface area (Å²) >= 11 is 12.3. The van der Waals surface area contributed by atoms with E-state index >= 15 is 0 Å². The Morgan fingerprint density at radius 3 is 2.00 bits per heavy atom. The predicted octanol–water partition coefficient (Wildman–Crippen LogP) is 5.04. The first-order chi connectivity index (χ1) is 11.8. The summed E-state index contributed by atoms with van der Waals surface area (Å²) in [5.74, 6) is -0.0126. The van der Waals surface area contributed by atoms with Crippen molar-refractivity contribution in [3.8, 4) is 5.75 Å². The molecule has 0 unspecified atom stereocenters. The number of anilines is 2. The molecule has 0 aromatic heterocycles. The minimum atomic E-state index is -4.36. The molecule has 0 bridgehead atoms. The molecule has 1 aliphatic rings. The molecule has 134 valence electrons. The van der Waals surface area contributed by atoms with Gasteiger partial charge in [0.15, 0.2) is 0 Å². The normalized spacial score (nSPS) is 15.6. The highest BCUT2D eigenvalue weighted by atomic mass is 35.5. The molecule has 0 radical (unpaired) electrons. The fourth-order valence-electron chi connectivity index (χ4n) is 2.92.